The third-order valence-corrected chi connectivity index (χ3v) is 4.24. The number of hydrogen-bond acceptors (Lipinski definition) is 4. The highest BCUT2D eigenvalue weighted by atomic mass is 16.6. The van der Waals surface area contributed by atoms with Crippen molar-refractivity contribution in [2.75, 3.05) is 10.6 Å². The summed E-state index contributed by atoms with van der Waals surface area (Å²) in [5.74, 6) is 0.581. The van der Waals surface area contributed by atoms with Crippen molar-refractivity contribution in [2.45, 2.75) is 45.1 Å². The van der Waals surface area contributed by atoms with Gasteiger partial charge in [0, 0.05) is 24.2 Å². The molecule has 1 aliphatic carbocycles. The lowest BCUT2D eigenvalue weighted by Crippen LogP contribution is -2.19. The lowest BCUT2D eigenvalue weighted by atomic mass is 10.0. The Balaban J connectivity index is 1.86. The van der Waals surface area contributed by atoms with Crippen molar-refractivity contribution in [3.05, 3.63) is 27.8 Å². The first-order valence-corrected chi connectivity index (χ1v) is 7.46. The molecule has 0 saturated heterocycles. The van der Waals surface area contributed by atoms with Crippen molar-refractivity contribution in [3.63, 3.8) is 0 Å². The number of carbonyl (C=O) groups is 1. The van der Waals surface area contributed by atoms with Crippen molar-refractivity contribution in [3.8, 4) is 0 Å². The molecule has 0 radical (unpaired) electrons. The third-order valence-electron chi connectivity index (χ3n) is 4.24. The van der Waals surface area contributed by atoms with Crippen molar-refractivity contribution < 1.29 is 9.72 Å². The Morgan fingerprint density at radius 1 is 1.43 bits per heavy atom. The summed E-state index contributed by atoms with van der Waals surface area (Å²) in [6.07, 6.45) is 4.29. The van der Waals surface area contributed by atoms with Crippen LogP contribution in [-0.2, 0) is 11.2 Å². The van der Waals surface area contributed by atoms with E-state index in [0.717, 1.165) is 24.8 Å². The van der Waals surface area contributed by atoms with Gasteiger partial charge < -0.3 is 10.6 Å². The van der Waals surface area contributed by atoms with Gasteiger partial charge in [0.05, 0.1) is 4.92 Å². The molecule has 1 heterocycles. The Morgan fingerprint density at radius 2 is 2.24 bits per heavy atom. The number of carbonyl (C=O) groups excluding carboxylic acids is 1. The maximum Gasteiger partial charge on any atom is 0.292 e. The van der Waals surface area contributed by atoms with E-state index < -0.39 is 0 Å². The van der Waals surface area contributed by atoms with E-state index in [1.807, 2.05) is 0 Å². The van der Waals surface area contributed by atoms with Gasteiger partial charge in [-0.1, -0.05) is 13.3 Å². The molecule has 2 N–H and O–H groups in total. The summed E-state index contributed by atoms with van der Waals surface area (Å²) < 4.78 is 0. The second-order valence-corrected chi connectivity index (χ2v) is 5.87. The van der Waals surface area contributed by atoms with Gasteiger partial charge in [-0.3, -0.25) is 14.9 Å². The molecule has 2 unspecified atom stereocenters. The van der Waals surface area contributed by atoms with Crippen LogP contribution in [0, 0.1) is 16.0 Å². The number of hydrogen-bond donors (Lipinski definition) is 2. The van der Waals surface area contributed by atoms with Crippen LogP contribution in [0.2, 0.25) is 0 Å². The van der Waals surface area contributed by atoms with Gasteiger partial charge in [0.2, 0.25) is 5.91 Å². The van der Waals surface area contributed by atoms with E-state index in [9.17, 15) is 14.9 Å². The molecule has 21 heavy (non-hydrogen) atoms. The average molecular weight is 289 g/mol. The molecule has 1 aromatic carbocycles. The minimum Gasteiger partial charge on any atom is -0.376 e. The highest BCUT2D eigenvalue weighted by Gasteiger charge is 2.37. The number of aryl methyl sites for hydroxylation is 1. The zero-order valence-corrected chi connectivity index (χ0v) is 12.0. The van der Waals surface area contributed by atoms with Crippen LogP contribution in [0.15, 0.2) is 12.1 Å². The van der Waals surface area contributed by atoms with Crippen LogP contribution in [0.3, 0.4) is 0 Å². The highest BCUT2D eigenvalue weighted by Crippen LogP contribution is 2.41. The van der Waals surface area contributed by atoms with Crippen molar-refractivity contribution in [2.24, 2.45) is 5.92 Å². The SMILES string of the molecule is CCCC1CC1Nc1cc2c(cc1[N+](=O)[O-])CCC(=O)N2. The van der Waals surface area contributed by atoms with Crippen molar-refractivity contribution in [1.82, 2.24) is 0 Å². The molecule has 1 saturated carbocycles. The van der Waals surface area contributed by atoms with E-state index in [1.165, 1.54) is 0 Å². The quantitative estimate of drug-likeness (QED) is 0.644. The van der Waals surface area contributed by atoms with Crippen LogP contribution in [0.4, 0.5) is 17.1 Å². The summed E-state index contributed by atoms with van der Waals surface area (Å²) in [5, 5.41) is 17.3. The largest absolute Gasteiger partial charge is 0.376 e. The Morgan fingerprint density at radius 3 is 2.95 bits per heavy atom. The molecule has 1 fully saturated rings. The molecule has 1 amide bonds. The van der Waals surface area contributed by atoms with Crippen molar-refractivity contribution in [1.29, 1.82) is 0 Å². The second-order valence-electron chi connectivity index (χ2n) is 5.87. The monoisotopic (exact) mass is 289 g/mol. The standard InChI is InChI=1S/C15H19N3O3/c1-2-3-9-6-11(9)16-13-8-12-10(4-5-15(19)17-12)7-14(13)18(20)21/h7-9,11,16H,2-6H2,1H3,(H,17,19). The Kier molecular flexibility index (Phi) is 3.53. The molecule has 6 heteroatoms. The summed E-state index contributed by atoms with van der Waals surface area (Å²) >= 11 is 0. The van der Waals surface area contributed by atoms with Gasteiger partial charge in [-0.15, -0.1) is 0 Å². The number of benzene rings is 1. The van der Waals surface area contributed by atoms with E-state index in [1.54, 1.807) is 12.1 Å². The van der Waals surface area contributed by atoms with Crippen LogP contribution < -0.4 is 10.6 Å². The predicted molar refractivity (Wildman–Crippen MR) is 80.5 cm³/mol. The van der Waals surface area contributed by atoms with E-state index in [2.05, 4.69) is 17.6 Å². The molecular formula is C15H19N3O3. The zero-order valence-electron chi connectivity index (χ0n) is 12.0. The second kappa shape index (κ2) is 5.35. The molecule has 6 nitrogen and oxygen atoms in total. The Hall–Kier alpha value is -2.11. The zero-order chi connectivity index (χ0) is 15.0. The Labute approximate surface area is 123 Å². The molecule has 0 bridgehead atoms. The van der Waals surface area contributed by atoms with E-state index in [-0.39, 0.29) is 16.5 Å². The Bertz CT molecular complexity index is 600. The van der Waals surface area contributed by atoms with Crippen LogP contribution in [0.1, 0.15) is 38.2 Å². The number of nitro benzene ring substituents is 1. The maximum atomic E-state index is 11.5. The molecule has 112 valence electrons. The molecule has 2 aliphatic rings. The van der Waals surface area contributed by atoms with Crippen LogP contribution in [0.25, 0.3) is 0 Å². The van der Waals surface area contributed by atoms with Gasteiger partial charge in [0.25, 0.3) is 5.69 Å². The third kappa shape index (κ3) is 2.84. The van der Waals surface area contributed by atoms with E-state index in [4.69, 9.17) is 0 Å². The number of amides is 1. The first-order valence-electron chi connectivity index (χ1n) is 7.46. The number of rotatable bonds is 5. The fourth-order valence-electron chi connectivity index (χ4n) is 3.00. The summed E-state index contributed by atoms with van der Waals surface area (Å²) in [7, 11) is 0. The number of nitrogens with zero attached hydrogens (tertiary/aromatic N) is 1. The van der Waals surface area contributed by atoms with E-state index >= 15 is 0 Å². The van der Waals surface area contributed by atoms with Gasteiger partial charge in [-0.25, -0.2) is 0 Å². The van der Waals surface area contributed by atoms with Gasteiger partial charge in [0.15, 0.2) is 0 Å². The summed E-state index contributed by atoms with van der Waals surface area (Å²) in [6, 6.07) is 3.63. The first-order chi connectivity index (χ1) is 10.1. The molecular weight excluding hydrogens is 270 g/mol. The highest BCUT2D eigenvalue weighted by molar-refractivity contribution is 5.95. The molecule has 1 aromatic rings. The minimum absolute atomic E-state index is 0.0300. The van der Waals surface area contributed by atoms with Gasteiger partial charge in [-0.2, -0.15) is 0 Å². The normalized spacial score (nSPS) is 23.2. The van der Waals surface area contributed by atoms with Gasteiger partial charge >= 0.3 is 0 Å². The number of nitrogens with one attached hydrogen (secondary N) is 2. The summed E-state index contributed by atoms with van der Waals surface area (Å²) in [6.45, 7) is 2.15. The fourth-order valence-corrected chi connectivity index (χ4v) is 3.00. The smallest absolute Gasteiger partial charge is 0.292 e. The topological polar surface area (TPSA) is 84.3 Å². The van der Waals surface area contributed by atoms with Crippen LogP contribution in [-0.4, -0.2) is 16.9 Å². The molecule has 1 aliphatic heterocycles. The van der Waals surface area contributed by atoms with Gasteiger partial charge in [-0.05, 0) is 36.8 Å². The van der Waals surface area contributed by atoms with Crippen molar-refractivity contribution >= 4 is 23.0 Å². The summed E-state index contributed by atoms with van der Waals surface area (Å²) in [4.78, 5) is 22.4. The minimum atomic E-state index is -0.351. The van der Waals surface area contributed by atoms with Crippen LogP contribution >= 0.6 is 0 Å². The lowest BCUT2D eigenvalue weighted by molar-refractivity contribution is -0.384. The van der Waals surface area contributed by atoms with Gasteiger partial charge in [0.1, 0.15) is 5.69 Å². The average Bonchev–Trinajstić information content (AvgIpc) is 3.16. The summed E-state index contributed by atoms with van der Waals surface area (Å²) in [5.41, 5.74) is 2.16. The lowest BCUT2D eigenvalue weighted by Gasteiger charge is -2.18. The number of anilines is 2. The fraction of sp³-hybridized carbons (Fsp3) is 0.533. The molecule has 0 aromatic heterocycles. The van der Waals surface area contributed by atoms with E-state index in [0.29, 0.717) is 36.2 Å². The first kappa shape index (κ1) is 13.9. The molecule has 3 rings (SSSR count). The molecule has 2 atom stereocenters. The number of nitro groups is 1. The predicted octanol–water partition coefficient (Wildman–Crippen LogP) is 3.08. The maximum absolute atomic E-state index is 11.5. The van der Waals surface area contributed by atoms with Crippen LogP contribution in [0.5, 0.6) is 0 Å². The number of fused-ring (bicyclic) bond motifs is 1. The molecule has 0 spiro atoms.